The molecule has 3 nitrogen and oxygen atoms in total. The van der Waals surface area contributed by atoms with Gasteiger partial charge >= 0.3 is 0 Å². The van der Waals surface area contributed by atoms with Crippen molar-refractivity contribution in [1.29, 1.82) is 0 Å². The Balaban J connectivity index is 0.000000771. The molecule has 0 saturated heterocycles. The first-order valence-electron chi connectivity index (χ1n) is 6.34. The van der Waals surface area contributed by atoms with Crippen molar-refractivity contribution >= 4 is 22.7 Å². The molecule has 1 aromatic carbocycles. The molecule has 0 unspecified atom stereocenters. The van der Waals surface area contributed by atoms with Gasteiger partial charge in [0.05, 0.1) is 0 Å². The van der Waals surface area contributed by atoms with Crippen molar-refractivity contribution in [1.82, 2.24) is 4.98 Å². The predicted octanol–water partition coefficient (Wildman–Crippen LogP) is 3.43. The Morgan fingerprint density at radius 2 is 2.06 bits per heavy atom. The van der Waals surface area contributed by atoms with E-state index in [9.17, 15) is 4.79 Å². The normalized spacial score (nSPS) is 9.50. The third-order valence-corrected chi connectivity index (χ3v) is 2.69. The number of rotatable bonds is 4. The third kappa shape index (κ3) is 3.06. The zero-order chi connectivity index (χ0) is 13.4. The number of pyridine rings is 1. The van der Waals surface area contributed by atoms with Crippen molar-refractivity contribution in [3.05, 3.63) is 36.2 Å². The lowest BCUT2D eigenvalue weighted by molar-refractivity contribution is -0.107. The first-order chi connectivity index (χ1) is 8.86. The molecule has 0 amide bonds. The molecule has 0 fully saturated rings. The van der Waals surface area contributed by atoms with Crippen molar-refractivity contribution in [3.63, 3.8) is 0 Å². The fraction of sp³-hybridized carbons (Fsp3) is 0.333. The summed E-state index contributed by atoms with van der Waals surface area (Å²) in [6.45, 7) is 4.00. The molecule has 0 aliphatic heterocycles. The van der Waals surface area contributed by atoms with Gasteiger partial charge in [-0.05, 0) is 18.1 Å². The van der Waals surface area contributed by atoms with E-state index in [0.717, 1.165) is 29.2 Å². The van der Waals surface area contributed by atoms with Crippen LogP contribution >= 0.6 is 0 Å². The number of fused-ring (bicyclic) bond motifs is 1. The summed E-state index contributed by atoms with van der Waals surface area (Å²) in [6, 6.07) is 6.09. The first-order valence-corrected chi connectivity index (χ1v) is 6.34. The Bertz CT molecular complexity index is 509. The van der Waals surface area contributed by atoms with Crippen LogP contribution in [0, 0.1) is 0 Å². The number of nitrogens with zero attached hydrogens (tertiary/aromatic N) is 1. The zero-order valence-corrected chi connectivity index (χ0v) is 11.2. The first kappa shape index (κ1) is 14.2. The number of carbonyl (C=O) groups is 1. The number of carbonyl (C=O) groups excluding carboxylic acids is 1. The van der Waals surface area contributed by atoms with Crippen LogP contribution in [0.3, 0.4) is 0 Å². The minimum Gasteiger partial charge on any atom is -0.387 e. The summed E-state index contributed by atoms with van der Waals surface area (Å²) in [6.07, 6.45) is 5.92. The Morgan fingerprint density at radius 1 is 1.28 bits per heavy atom. The van der Waals surface area contributed by atoms with Crippen LogP contribution in [0.25, 0.3) is 10.8 Å². The van der Waals surface area contributed by atoms with E-state index in [1.807, 2.05) is 39.2 Å². The highest BCUT2D eigenvalue weighted by Gasteiger charge is 2.05. The van der Waals surface area contributed by atoms with Gasteiger partial charge in [0, 0.05) is 42.3 Å². The molecule has 0 radical (unpaired) electrons. The van der Waals surface area contributed by atoms with Crippen LogP contribution in [-0.2, 0) is 11.2 Å². The SMILES string of the molecule is CC.CNc1c(CCC=O)ccc2cnccc12. The fourth-order valence-electron chi connectivity index (χ4n) is 1.93. The topological polar surface area (TPSA) is 42.0 Å². The van der Waals surface area contributed by atoms with E-state index >= 15 is 0 Å². The summed E-state index contributed by atoms with van der Waals surface area (Å²) in [4.78, 5) is 14.5. The quantitative estimate of drug-likeness (QED) is 0.838. The Labute approximate surface area is 108 Å². The van der Waals surface area contributed by atoms with Crippen LogP contribution in [0.4, 0.5) is 5.69 Å². The summed E-state index contributed by atoms with van der Waals surface area (Å²) >= 11 is 0. The molecule has 1 aromatic heterocycles. The molecule has 2 rings (SSSR count). The fourth-order valence-corrected chi connectivity index (χ4v) is 1.93. The highest BCUT2D eigenvalue weighted by molar-refractivity contribution is 5.94. The van der Waals surface area contributed by atoms with E-state index in [0.29, 0.717) is 6.42 Å². The lowest BCUT2D eigenvalue weighted by Gasteiger charge is -2.11. The summed E-state index contributed by atoms with van der Waals surface area (Å²) < 4.78 is 0. The van der Waals surface area contributed by atoms with Crippen molar-refractivity contribution in [2.24, 2.45) is 0 Å². The second kappa shape index (κ2) is 7.43. The minimum atomic E-state index is 0.561. The van der Waals surface area contributed by atoms with E-state index in [-0.39, 0.29) is 0 Å². The second-order valence-electron chi connectivity index (χ2n) is 3.65. The van der Waals surface area contributed by atoms with Crippen LogP contribution in [0.15, 0.2) is 30.6 Å². The van der Waals surface area contributed by atoms with Gasteiger partial charge in [0.1, 0.15) is 6.29 Å². The molecular weight excluding hydrogens is 224 g/mol. The van der Waals surface area contributed by atoms with Crippen LogP contribution in [0.1, 0.15) is 25.8 Å². The number of aryl methyl sites for hydroxylation is 1. The zero-order valence-electron chi connectivity index (χ0n) is 11.2. The molecule has 2 aromatic rings. The Morgan fingerprint density at radius 3 is 2.72 bits per heavy atom. The molecule has 3 heteroatoms. The van der Waals surface area contributed by atoms with Gasteiger partial charge in [0.25, 0.3) is 0 Å². The number of benzene rings is 1. The maximum Gasteiger partial charge on any atom is 0.120 e. The van der Waals surface area contributed by atoms with Gasteiger partial charge in [0.15, 0.2) is 0 Å². The van der Waals surface area contributed by atoms with Gasteiger partial charge in [0.2, 0.25) is 0 Å². The molecule has 1 N–H and O–H groups in total. The number of aromatic nitrogens is 1. The van der Waals surface area contributed by atoms with Gasteiger partial charge in [-0.15, -0.1) is 0 Å². The van der Waals surface area contributed by atoms with E-state index in [1.165, 1.54) is 5.56 Å². The summed E-state index contributed by atoms with van der Waals surface area (Å²) in [7, 11) is 1.90. The van der Waals surface area contributed by atoms with Gasteiger partial charge in [-0.2, -0.15) is 0 Å². The number of anilines is 1. The van der Waals surface area contributed by atoms with E-state index in [2.05, 4.69) is 16.4 Å². The molecule has 0 bridgehead atoms. The van der Waals surface area contributed by atoms with Gasteiger partial charge in [-0.1, -0.05) is 26.0 Å². The average molecular weight is 244 g/mol. The second-order valence-corrected chi connectivity index (χ2v) is 3.65. The predicted molar refractivity (Wildman–Crippen MR) is 77.0 cm³/mol. The van der Waals surface area contributed by atoms with E-state index < -0.39 is 0 Å². The summed E-state index contributed by atoms with van der Waals surface area (Å²) in [5.41, 5.74) is 2.27. The largest absolute Gasteiger partial charge is 0.387 e. The Kier molecular flexibility index (Phi) is 5.85. The van der Waals surface area contributed by atoms with Crippen molar-refractivity contribution < 1.29 is 4.79 Å². The van der Waals surface area contributed by atoms with Crippen molar-refractivity contribution in [2.75, 3.05) is 12.4 Å². The van der Waals surface area contributed by atoms with Crippen LogP contribution < -0.4 is 5.32 Å². The minimum absolute atomic E-state index is 0.561. The molecule has 18 heavy (non-hydrogen) atoms. The van der Waals surface area contributed by atoms with Gasteiger partial charge < -0.3 is 10.1 Å². The highest BCUT2D eigenvalue weighted by Crippen LogP contribution is 2.27. The van der Waals surface area contributed by atoms with E-state index in [1.54, 1.807) is 6.20 Å². The summed E-state index contributed by atoms with van der Waals surface area (Å²) in [5, 5.41) is 5.47. The van der Waals surface area contributed by atoms with Crippen molar-refractivity contribution in [2.45, 2.75) is 26.7 Å². The number of hydrogen-bond acceptors (Lipinski definition) is 3. The smallest absolute Gasteiger partial charge is 0.120 e. The standard InChI is InChI=1S/C13H14N2O.C2H6/c1-14-13-10(3-2-8-16)4-5-11-9-15-7-6-12(11)13;1-2/h4-9,14H,2-3H2,1H3;1-2H3. The molecule has 0 atom stereocenters. The molecule has 96 valence electrons. The van der Waals surface area contributed by atoms with Crippen LogP contribution in [0.5, 0.6) is 0 Å². The number of aldehydes is 1. The molecular formula is C15H20N2O. The summed E-state index contributed by atoms with van der Waals surface area (Å²) in [5.74, 6) is 0. The molecule has 0 spiro atoms. The maximum absolute atomic E-state index is 10.4. The molecule has 0 aliphatic rings. The van der Waals surface area contributed by atoms with Gasteiger partial charge in [-0.3, -0.25) is 4.98 Å². The van der Waals surface area contributed by atoms with Gasteiger partial charge in [-0.25, -0.2) is 0 Å². The Hall–Kier alpha value is -1.90. The van der Waals surface area contributed by atoms with Crippen LogP contribution in [0.2, 0.25) is 0 Å². The van der Waals surface area contributed by atoms with Crippen LogP contribution in [-0.4, -0.2) is 18.3 Å². The highest BCUT2D eigenvalue weighted by atomic mass is 16.1. The number of nitrogens with one attached hydrogen (secondary N) is 1. The lowest BCUT2D eigenvalue weighted by atomic mass is 10.0. The maximum atomic E-state index is 10.4. The third-order valence-electron chi connectivity index (χ3n) is 2.69. The molecule has 0 aliphatic carbocycles. The average Bonchev–Trinajstić information content (AvgIpc) is 2.46. The van der Waals surface area contributed by atoms with E-state index in [4.69, 9.17) is 0 Å². The number of hydrogen-bond donors (Lipinski definition) is 1. The van der Waals surface area contributed by atoms with Crippen molar-refractivity contribution in [3.8, 4) is 0 Å². The molecule has 0 saturated carbocycles. The lowest BCUT2D eigenvalue weighted by Crippen LogP contribution is -1.97. The molecule has 1 heterocycles. The monoisotopic (exact) mass is 244 g/mol.